The highest BCUT2D eigenvalue weighted by Crippen LogP contribution is 2.18. The summed E-state index contributed by atoms with van der Waals surface area (Å²) in [5.74, 6) is -0.615. The second kappa shape index (κ2) is 4.44. The summed E-state index contributed by atoms with van der Waals surface area (Å²) in [6, 6.07) is 6.70. The van der Waals surface area contributed by atoms with E-state index in [4.69, 9.17) is 4.42 Å². The molecule has 0 saturated heterocycles. The number of aromatic nitrogens is 1. The Hall–Kier alpha value is -2.36. The fraction of sp³-hybridized carbons (Fsp3) is 0. The van der Waals surface area contributed by atoms with Crippen LogP contribution in [0.25, 0.3) is 6.08 Å². The molecule has 2 aromatic rings. The predicted octanol–water partition coefficient (Wildman–Crippen LogP) is 2.28. The van der Waals surface area contributed by atoms with Gasteiger partial charge in [0.05, 0.1) is 12.0 Å². The summed E-state index contributed by atoms with van der Waals surface area (Å²) in [4.78, 5) is 15.6. The molecule has 0 saturated carbocycles. The highest BCUT2D eigenvalue weighted by Gasteiger charge is 2.11. The number of nitrogens with zero attached hydrogens (tertiary/aromatic N) is 1. The maximum absolute atomic E-state index is 11.5. The van der Waals surface area contributed by atoms with Crippen LogP contribution in [0.4, 0.5) is 0 Å². The number of aromatic hydroxyl groups is 1. The summed E-state index contributed by atoms with van der Waals surface area (Å²) in [6.07, 6.45) is 5.76. The quantitative estimate of drug-likeness (QED) is 0.630. The highest BCUT2D eigenvalue weighted by atomic mass is 16.4. The number of pyridine rings is 1. The van der Waals surface area contributed by atoms with Gasteiger partial charge in [-0.15, -0.1) is 0 Å². The van der Waals surface area contributed by atoms with Gasteiger partial charge in [0.15, 0.2) is 5.75 Å². The molecular formula is C12H9NO3. The van der Waals surface area contributed by atoms with E-state index in [0.717, 1.165) is 0 Å². The van der Waals surface area contributed by atoms with Crippen LogP contribution in [0.1, 0.15) is 16.2 Å². The van der Waals surface area contributed by atoms with Gasteiger partial charge in [-0.1, -0.05) is 6.07 Å². The Morgan fingerprint density at radius 3 is 2.88 bits per heavy atom. The Balaban J connectivity index is 2.15. The lowest BCUT2D eigenvalue weighted by atomic mass is 10.2. The van der Waals surface area contributed by atoms with Crippen molar-refractivity contribution in [2.75, 3.05) is 0 Å². The molecule has 0 fully saturated rings. The van der Waals surface area contributed by atoms with Crippen molar-refractivity contribution in [1.82, 2.24) is 4.98 Å². The standard InChI is InChI=1S/C12H9NO3/c14-10(12-11(15)6-8-16-12)5-4-9-3-1-2-7-13-9/h1-8,15H/b5-4+. The van der Waals surface area contributed by atoms with Gasteiger partial charge in [0.2, 0.25) is 11.5 Å². The van der Waals surface area contributed by atoms with Gasteiger partial charge in [-0.3, -0.25) is 9.78 Å². The van der Waals surface area contributed by atoms with Crippen molar-refractivity contribution < 1.29 is 14.3 Å². The normalized spacial score (nSPS) is 10.8. The number of allylic oxidation sites excluding steroid dienone is 1. The molecule has 2 rings (SSSR count). The van der Waals surface area contributed by atoms with E-state index in [2.05, 4.69) is 4.98 Å². The first-order valence-electron chi connectivity index (χ1n) is 4.67. The van der Waals surface area contributed by atoms with Gasteiger partial charge in [-0.2, -0.15) is 0 Å². The molecule has 0 radical (unpaired) electrons. The predicted molar refractivity (Wildman–Crippen MR) is 58.0 cm³/mol. The first-order chi connectivity index (χ1) is 7.77. The summed E-state index contributed by atoms with van der Waals surface area (Å²) in [5.41, 5.74) is 0.668. The smallest absolute Gasteiger partial charge is 0.224 e. The number of furan rings is 1. The van der Waals surface area contributed by atoms with E-state index < -0.39 is 5.78 Å². The van der Waals surface area contributed by atoms with Gasteiger partial charge < -0.3 is 9.52 Å². The van der Waals surface area contributed by atoms with E-state index in [1.165, 1.54) is 18.4 Å². The van der Waals surface area contributed by atoms with Crippen LogP contribution in [0.3, 0.4) is 0 Å². The van der Waals surface area contributed by atoms with Crippen molar-refractivity contribution in [2.24, 2.45) is 0 Å². The third kappa shape index (κ3) is 2.17. The van der Waals surface area contributed by atoms with E-state index in [9.17, 15) is 9.90 Å². The lowest BCUT2D eigenvalue weighted by Crippen LogP contribution is -1.91. The van der Waals surface area contributed by atoms with E-state index in [1.807, 2.05) is 6.07 Å². The highest BCUT2D eigenvalue weighted by molar-refractivity contribution is 6.06. The molecule has 4 heteroatoms. The van der Waals surface area contributed by atoms with Crippen LogP contribution in [-0.4, -0.2) is 15.9 Å². The maximum atomic E-state index is 11.5. The molecular weight excluding hydrogens is 206 g/mol. The van der Waals surface area contributed by atoms with Gasteiger partial charge in [0.1, 0.15) is 0 Å². The van der Waals surface area contributed by atoms with E-state index in [-0.39, 0.29) is 11.5 Å². The zero-order valence-corrected chi connectivity index (χ0v) is 8.33. The van der Waals surface area contributed by atoms with Gasteiger partial charge in [0.25, 0.3) is 0 Å². The molecule has 0 aliphatic carbocycles. The molecule has 0 aliphatic heterocycles. The molecule has 4 nitrogen and oxygen atoms in total. The number of carbonyl (C=O) groups is 1. The van der Waals surface area contributed by atoms with Gasteiger partial charge in [-0.05, 0) is 24.3 Å². The minimum absolute atomic E-state index is 0.0628. The zero-order valence-electron chi connectivity index (χ0n) is 8.33. The molecule has 2 heterocycles. The number of carbonyl (C=O) groups excluding carboxylic acids is 1. The second-order valence-electron chi connectivity index (χ2n) is 3.09. The fourth-order valence-electron chi connectivity index (χ4n) is 1.20. The molecule has 1 N–H and O–H groups in total. The average molecular weight is 215 g/mol. The third-order valence-corrected chi connectivity index (χ3v) is 1.96. The summed E-state index contributed by atoms with van der Waals surface area (Å²) >= 11 is 0. The second-order valence-corrected chi connectivity index (χ2v) is 3.09. The third-order valence-electron chi connectivity index (χ3n) is 1.96. The molecule has 0 aromatic carbocycles. The van der Waals surface area contributed by atoms with E-state index in [0.29, 0.717) is 5.69 Å². The lowest BCUT2D eigenvalue weighted by Gasteiger charge is -1.91. The Bertz CT molecular complexity index is 514. The first kappa shape index (κ1) is 10.2. The van der Waals surface area contributed by atoms with Crippen LogP contribution >= 0.6 is 0 Å². The van der Waals surface area contributed by atoms with Crippen LogP contribution in [0.15, 0.2) is 47.2 Å². The number of hydrogen-bond donors (Lipinski definition) is 1. The summed E-state index contributed by atoms with van der Waals surface area (Å²) < 4.78 is 4.84. The van der Waals surface area contributed by atoms with Crippen molar-refractivity contribution in [1.29, 1.82) is 0 Å². The van der Waals surface area contributed by atoms with Gasteiger partial charge in [0, 0.05) is 12.3 Å². The Morgan fingerprint density at radius 2 is 2.25 bits per heavy atom. The van der Waals surface area contributed by atoms with Crippen molar-refractivity contribution in [2.45, 2.75) is 0 Å². The van der Waals surface area contributed by atoms with E-state index >= 15 is 0 Å². The van der Waals surface area contributed by atoms with Crippen LogP contribution < -0.4 is 0 Å². The summed E-state index contributed by atoms with van der Waals surface area (Å²) in [6.45, 7) is 0. The van der Waals surface area contributed by atoms with Crippen molar-refractivity contribution >= 4 is 11.9 Å². The number of hydrogen-bond acceptors (Lipinski definition) is 4. The molecule has 80 valence electrons. The first-order valence-corrected chi connectivity index (χ1v) is 4.67. The molecule has 0 aliphatic rings. The van der Waals surface area contributed by atoms with Crippen molar-refractivity contribution in [3.63, 3.8) is 0 Å². The Kier molecular flexibility index (Phi) is 2.82. The molecule has 2 aromatic heterocycles. The van der Waals surface area contributed by atoms with Crippen LogP contribution in [0.2, 0.25) is 0 Å². The molecule has 0 unspecified atom stereocenters. The molecule has 0 amide bonds. The molecule has 0 spiro atoms. The maximum Gasteiger partial charge on any atom is 0.224 e. The number of rotatable bonds is 3. The lowest BCUT2D eigenvalue weighted by molar-refractivity contribution is 0.101. The SMILES string of the molecule is O=C(/C=C/c1ccccn1)c1occc1O. The monoisotopic (exact) mass is 215 g/mol. The minimum Gasteiger partial charge on any atom is -0.504 e. The number of ketones is 1. The molecule has 0 atom stereocenters. The summed E-state index contributed by atoms with van der Waals surface area (Å²) in [5, 5.41) is 9.25. The fourth-order valence-corrected chi connectivity index (χ4v) is 1.20. The van der Waals surface area contributed by atoms with Crippen LogP contribution in [0, 0.1) is 0 Å². The Labute approximate surface area is 91.9 Å². The van der Waals surface area contributed by atoms with Gasteiger partial charge in [-0.25, -0.2) is 0 Å². The van der Waals surface area contributed by atoms with Crippen LogP contribution in [0.5, 0.6) is 5.75 Å². The van der Waals surface area contributed by atoms with Crippen molar-refractivity contribution in [3.8, 4) is 5.75 Å². The topological polar surface area (TPSA) is 63.3 Å². The largest absolute Gasteiger partial charge is 0.504 e. The minimum atomic E-state index is -0.395. The summed E-state index contributed by atoms with van der Waals surface area (Å²) in [7, 11) is 0. The Morgan fingerprint density at radius 1 is 1.38 bits per heavy atom. The van der Waals surface area contributed by atoms with E-state index in [1.54, 1.807) is 24.4 Å². The zero-order chi connectivity index (χ0) is 11.4. The molecule has 0 bridgehead atoms. The van der Waals surface area contributed by atoms with Crippen molar-refractivity contribution in [3.05, 3.63) is 54.3 Å². The molecule has 16 heavy (non-hydrogen) atoms. The van der Waals surface area contributed by atoms with Gasteiger partial charge >= 0.3 is 0 Å². The average Bonchev–Trinajstić information content (AvgIpc) is 2.74. The van der Waals surface area contributed by atoms with Crippen LogP contribution in [-0.2, 0) is 0 Å².